The van der Waals surface area contributed by atoms with Crippen LogP contribution >= 0.6 is 0 Å². The third kappa shape index (κ3) is 5.48. The lowest BCUT2D eigenvalue weighted by molar-refractivity contribution is 0.664. The second-order valence-electron chi connectivity index (χ2n) is 16.0. The Labute approximate surface area is 361 Å². The highest BCUT2D eigenvalue weighted by Crippen LogP contribution is 2.45. The Morgan fingerprint density at radius 2 is 0.762 bits per heavy atom. The molecule has 0 atom stereocenters. The monoisotopic (exact) mass is 805 g/mol. The maximum Gasteiger partial charge on any atom is 0.164 e. The van der Waals surface area contributed by atoms with Gasteiger partial charge < -0.3 is 13.6 Å². The molecular weight excluding hydrogens is 771 g/mol. The molecule has 0 unspecified atom stereocenters. The number of hydrogen-bond acceptors (Lipinski definition) is 4. The van der Waals surface area contributed by atoms with Gasteiger partial charge in [-0.05, 0) is 53.6 Å². The van der Waals surface area contributed by atoms with E-state index in [1.165, 1.54) is 27.1 Å². The highest BCUT2D eigenvalue weighted by molar-refractivity contribution is 6.19. The van der Waals surface area contributed by atoms with E-state index < -0.39 is 0 Å². The van der Waals surface area contributed by atoms with Gasteiger partial charge in [0, 0.05) is 49.0 Å². The molecule has 4 aromatic heterocycles. The molecule has 6 heteroatoms. The molecule has 13 aromatic rings. The van der Waals surface area contributed by atoms with Gasteiger partial charge in [0.1, 0.15) is 0 Å². The van der Waals surface area contributed by atoms with Crippen molar-refractivity contribution in [2.45, 2.75) is 0 Å². The molecule has 0 aliphatic carbocycles. The number of furan rings is 1. The van der Waals surface area contributed by atoms with Crippen LogP contribution in [0.15, 0.2) is 217 Å². The van der Waals surface area contributed by atoms with Crippen molar-refractivity contribution in [2.75, 3.05) is 0 Å². The molecule has 0 bridgehead atoms. The number of para-hydroxylation sites is 4. The number of rotatable bonds is 6. The fourth-order valence-corrected chi connectivity index (χ4v) is 9.56. The fraction of sp³-hybridized carbons (Fsp3) is 0. The summed E-state index contributed by atoms with van der Waals surface area (Å²) in [5.74, 6) is 1.78. The minimum Gasteiger partial charge on any atom is -0.452 e. The Hall–Kier alpha value is -8.61. The van der Waals surface area contributed by atoms with E-state index in [2.05, 4.69) is 161 Å². The van der Waals surface area contributed by atoms with E-state index in [1.807, 2.05) is 60.7 Å². The van der Waals surface area contributed by atoms with Gasteiger partial charge in [0.2, 0.25) is 0 Å². The van der Waals surface area contributed by atoms with E-state index in [1.54, 1.807) is 0 Å². The van der Waals surface area contributed by atoms with Crippen LogP contribution in [0.5, 0.6) is 0 Å². The van der Waals surface area contributed by atoms with Crippen LogP contribution in [0.3, 0.4) is 0 Å². The molecule has 4 heterocycles. The molecule has 0 aliphatic rings. The van der Waals surface area contributed by atoms with Gasteiger partial charge in [0.05, 0.1) is 33.4 Å². The molecule has 13 rings (SSSR count). The van der Waals surface area contributed by atoms with Gasteiger partial charge in [-0.15, -0.1) is 0 Å². The lowest BCUT2D eigenvalue weighted by Gasteiger charge is -2.12. The van der Waals surface area contributed by atoms with Crippen molar-refractivity contribution < 1.29 is 4.42 Å². The number of benzene rings is 9. The molecule has 0 radical (unpaired) electrons. The zero-order valence-corrected chi connectivity index (χ0v) is 33.9. The lowest BCUT2D eigenvalue weighted by Crippen LogP contribution is -2.01. The summed E-state index contributed by atoms with van der Waals surface area (Å²) in [6, 6.07) is 74.3. The van der Waals surface area contributed by atoms with Crippen LogP contribution in [0.2, 0.25) is 0 Å². The first-order valence-corrected chi connectivity index (χ1v) is 21.2. The fourth-order valence-electron chi connectivity index (χ4n) is 9.56. The summed E-state index contributed by atoms with van der Waals surface area (Å²) in [7, 11) is 0. The maximum atomic E-state index is 7.45. The predicted molar refractivity (Wildman–Crippen MR) is 258 cm³/mol. The Morgan fingerprint density at radius 3 is 1.35 bits per heavy atom. The molecule has 0 aliphatic heterocycles. The van der Waals surface area contributed by atoms with Gasteiger partial charge in [-0.3, -0.25) is 0 Å². The summed E-state index contributed by atoms with van der Waals surface area (Å²) < 4.78 is 12.2. The SMILES string of the molecule is c1ccc(-c2ccc3c4ccccc4n(-c4cccc5c4oc4c(-n6c7ccccc7c7ccccc76)ccc(-c6nc(-c7ccccc7)nc(-c7ccccc7)n6)c45)c3c2)cc1. The van der Waals surface area contributed by atoms with Crippen LogP contribution in [0.25, 0.3) is 122 Å². The predicted octanol–water partition coefficient (Wildman–Crippen LogP) is 14.6. The largest absolute Gasteiger partial charge is 0.452 e. The average Bonchev–Trinajstić information content (AvgIpc) is 4.03. The summed E-state index contributed by atoms with van der Waals surface area (Å²) >= 11 is 0. The Balaban J connectivity index is 1.15. The van der Waals surface area contributed by atoms with Crippen LogP contribution in [-0.2, 0) is 0 Å². The third-order valence-corrected chi connectivity index (χ3v) is 12.4. The molecule has 63 heavy (non-hydrogen) atoms. The van der Waals surface area contributed by atoms with Gasteiger partial charge in [-0.25, -0.2) is 15.0 Å². The van der Waals surface area contributed by atoms with Gasteiger partial charge in [-0.2, -0.15) is 0 Å². The lowest BCUT2D eigenvalue weighted by atomic mass is 10.0. The summed E-state index contributed by atoms with van der Waals surface area (Å²) in [6.45, 7) is 0. The van der Waals surface area contributed by atoms with Gasteiger partial charge in [0.25, 0.3) is 0 Å². The van der Waals surface area contributed by atoms with E-state index >= 15 is 0 Å². The van der Waals surface area contributed by atoms with Crippen LogP contribution in [0, 0.1) is 0 Å². The summed E-state index contributed by atoms with van der Waals surface area (Å²) in [5, 5.41) is 6.61. The van der Waals surface area contributed by atoms with Crippen LogP contribution in [0.1, 0.15) is 0 Å². The number of hydrogen-bond donors (Lipinski definition) is 0. The van der Waals surface area contributed by atoms with Crippen molar-refractivity contribution in [3.8, 4) is 56.7 Å². The first kappa shape index (κ1) is 35.2. The Kier molecular flexibility index (Phi) is 7.80. The minimum atomic E-state index is 0.568. The standard InChI is InChI=1S/C57H35N5O/c1-4-17-36(18-5-1)39-31-32-43-42-25-12-15-29-48(42)62(51(43)35-39)49-30-16-26-44-52-45(57-59-55(37-19-6-2-7-20-37)58-56(60-57)38-21-8-3-9-22-38)33-34-50(54(52)63-53(44)49)61-46-27-13-10-23-40(46)41-24-11-14-28-47(41)61/h1-35H. The van der Waals surface area contributed by atoms with Gasteiger partial charge in [-0.1, -0.05) is 170 Å². The molecule has 0 saturated carbocycles. The normalized spacial score (nSPS) is 11.8. The molecule has 0 saturated heterocycles. The highest BCUT2D eigenvalue weighted by atomic mass is 16.3. The molecule has 0 N–H and O–H groups in total. The molecule has 6 nitrogen and oxygen atoms in total. The Morgan fingerprint density at radius 1 is 0.302 bits per heavy atom. The van der Waals surface area contributed by atoms with Crippen molar-refractivity contribution in [3.05, 3.63) is 212 Å². The first-order valence-electron chi connectivity index (χ1n) is 21.2. The minimum absolute atomic E-state index is 0.568. The Bertz CT molecular complexity index is 3790. The van der Waals surface area contributed by atoms with E-state index in [4.69, 9.17) is 19.4 Å². The number of fused-ring (bicyclic) bond motifs is 9. The van der Waals surface area contributed by atoms with Crippen LogP contribution < -0.4 is 0 Å². The van der Waals surface area contributed by atoms with E-state index in [0.29, 0.717) is 17.5 Å². The van der Waals surface area contributed by atoms with Gasteiger partial charge in [0.15, 0.2) is 28.6 Å². The van der Waals surface area contributed by atoms with Crippen LogP contribution in [-0.4, -0.2) is 24.1 Å². The van der Waals surface area contributed by atoms with Crippen molar-refractivity contribution in [1.29, 1.82) is 0 Å². The number of nitrogens with zero attached hydrogens (tertiary/aromatic N) is 5. The quantitative estimate of drug-likeness (QED) is 0.168. The summed E-state index contributed by atoms with van der Waals surface area (Å²) in [6.07, 6.45) is 0. The van der Waals surface area contributed by atoms with E-state index in [0.717, 1.165) is 77.6 Å². The van der Waals surface area contributed by atoms with Crippen molar-refractivity contribution in [3.63, 3.8) is 0 Å². The molecule has 0 amide bonds. The van der Waals surface area contributed by atoms with Crippen molar-refractivity contribution in [2.24, 2.45) is 0 Å². The molecule has 0 fully saturated rings. The molecule has 294 valence electrons. The maximum absolute atomic E-state index is 7.45. The summed E-state index contributed by atoms with van der Waals surface area (Å²) in [5.41, 5.74) is 12.8. The molecule has 0 spiro atoms. The second kappa shape index (κ2) is 14.0. The van der Waals surface area contributed by atoms with E-state index in [9.17, 15) is 0 Å². The smallest absolute Gasteiger partial charge is 0.164 e. The second-order valence-corrected chi connectivity index (χ2v) is 16.0. The zero-order chi connectivity index (χ0) is 41.4. The molecular formula is C57H35N5O. The third-order valence-electron chi connectivity index (χ3n) is 12.4. The average molecular weight is 806 g/mol. The molecule has 9 aromatic carbocycles. The first-order chi connectivity index (χ1) is 31.3. The highest BCUT2D eigenvalue weighted by Gasteiger charge is 2.25. The van der Waals surface area contributed by atoms with Crippen molar-refractivity contribution >= 4 is 65.6 Å². The topological polar surface area (TPSA) is 61.7 Å². The van der Waals surface area contributed by atoms with Gasteiger partial charge >= 0.3 is 0 Å². The van der Waals surface area contributed by atoms with E-state index in [-0.39, 0.29) is 0 Å². The summed E-state index contributed by atoms with van der Waals surface area (Å²) in [4.78, 5) is 15.5. The van der Waals surface area contributed by atoms with Crippen LogP contribution in [0.4, 0.5) is 0 Å². The van der Waals surface area contributed by atoms with Crippen molar-refractivity contribution in [1.82, 2.24) is 24.1 Å². The number of aromatic nitrogens is 5. The zero-order valence-electron chi connectivity index (χ0n) is 33.9.